The van der Waals surface area contributed by atoms with Crippen LogP contribution in [0.15, 0.2) is 20.7 Å². The summed E-state index contributed by atoms with van der Waals surface area (Å²) >= 11 is 0. The fourth-order valence-corrected chi connectivity index (χ4v) is 0.673. The van der Waals surface area contributed by atoms with E-state index in [1.165, 1.54) is 0 Å². The van der Waals surface area contributed by atoms with E-state index in [4.69, 9.17) is 0 Å². The maximum Gasteiger partial charge on any atom is 0.151 e. The van der Waals surface area contributed by atoms with Crippen molar-refractivity contribution in [2.75, 3.05) is 13.3 Å². The van der Waals surface area contributed by atoms with E-state index < -0.39 is 0 Å². The first-order valence-corrected chi connectivity index (χ1v) is 2.76. The maximum atomic E-state index is 3.68. The molecule has 0 bridgehead atoms. The van der Waals surface area contributed by atoms with Crippen LogP contribution < -0.4 is 11.1 Å². The molecule has 0 amide bonds. The van der Waals surface area contributed by atoms with Crippen molar-refractivity contribution in [3.05, 3.63) is 0 Å². The van der Waals surface area contributed by atoms with Crippen LogP contribution in [0.2, 0.25) is 0 Å². The first-order valence-electron chi connectivity index (χ1n) is 2.76. The second kappa shape index (κ2) is 2.15. The quantitative estimate of drug-likeness (QED) is 0.501. The second-order valence-electron chi connectivity index (χ2n) is 1.76. The number of nitrogens with one attached hydrogen (secondary N) is 2. The van der Waals surface area contributed by atoms with Crippen molar-refractivity contribution in [3.8, 4) is 0 Å². The summed E-state index contributed by atoms with van der Waals surface area (Å²) in [5.74, 6) is 0. The molecule has 0 radical (unpaired) electrons. The second-order valence-corrected chi connectivity index (χ2v) is 1.76. The van der Waals surface area contributed by atoms with Gasteiger partial charge in [-0.25, -0.2) is 11.1 Å². The minimum absolute atomic E-state index is 0.484. The summed E-state index contributed by atoms with van der Waals surface area (Å²) in [4.78, 5) is 0. The molecule has 0 atom stereocenters. The Labute approximate surface area is 56.5 Å². The van der Waals surface area contributed by atoms with E-state index in [1.54, 1.807) is 10.2 Å². The normalized spacial score (nSPS) is 25.2. The van der Waals surface area contributed by atoms with Gasteiger partial charge in [0.2, 0.25) is 0 Å². The molecule has 8 heteroatoms. The fourth-order valence-electron chi connectivity index (χ4n) is 0.673. The topological polar surface area (TPSA) is 80.0 Å². The smallest absolute Gasteiger partial charge is 0.151 e. The Morgan fingerprint density at radius 1 is 0.900 bits per heavy atom. The molecule has 0 aromatic heterocycles. The summed E-state index contributed by atoms with van der Waals surface area (Å²) in [5, 5.41) is 17.8. The van der Waals surface area contributed by atoms with Crippen molar-refractivity contribution in [2.24, 2.45) is 20.7 Å². The Morgan fingerprint density at radius 2 is 1.40 bits per heavy atom. The van der Waals surface area contributed by atoms with E-state index in [0.29, 0.717) is 13.3 Å². The zero-order valence-electron chi connectivity index (χ0n) is 5.10. The summed E-state index contributed by atoms with van der Waals surface area (Å²) in [5.41, 5.74) is 5.27. The Hall–Kier alpha value is -1.28. The molecule has 2 aliphatic rings. The van der Waals surface area contributed by atoms with E-state index in [1.807, 2.05) is 0 Å². The highest BCUT2D eigenvalue weighted by Gasteiger charge is 2.19. The molecule has 2 heterocycles. The molecule has 0 aliphatic carbocycles. The molecule has 2 aliphatic heterocycles. The minimum Gasteiger partial charge on any atom is -0.204 e. The first kappa shape index (κ1) is 5.50. The van der Waals surface area contributed by atoms with Gasteiger partial charge in [0.05, 0.1) is 0 Å². The molecule has 0 unspecified atom stereocenters. The van der Waals surface area contributed by atoms with E-state index in [0.717, 1.165) is 0 Å². The Morgan fingerprint density at radius 3 is 1.70 bits per heavy atom. The Kier molecular flexibility index (Phi) is 1.19. The molecule has 0 aromatic rings. The molecular weight excluding hydrogens is 136 g/mol. The molecule has 2 N–H and O–H groups in total. The standard InChI is InChI=1S/C2H6N8/c1-3-5-7-9(1)10-2-4-6-8-10/h1-2H2,(H,3,7)(H,4,8). The molecule has 0 aromatic carbocycles. The van der Waals surface area contributed by atoms with Crippen LogP contribution in [0, 0.1) is 0 Å². The summed E-state index contributed by atoms with van der Waals surface area (Å²) in [7, 11) is 0. The van der Waals surface area contributed by atoms with Crippen LogP contribution in [-0.2, 0) is 0 Å². The van der Waals surface area contributed by atoms with Gasteiger partial charge in [-0.2, -0.15) is 10.2 Å². The van der Waals surface area contributed by atoms with Gasteiger partial charge in [0.1, 0.15) is 0 Å². The van der Waals surface area contributed by atoms with Crippen LogP contribution in [0.5, 0.6) is 0 Å². The van der Waals surface area contributed by atoms with Gasteiger partial charge in [-0.15, -0.1) is 0 Å². The summed E-state index contributed by atoms with van der Waals surface area (Å²) in [6.07, 6.45) is 0. The molecule has 54 valence electrons. The molecular formula is C2H6N8. The molecule has 10 heavy (non-hydrogen) atoms. The van der Waals surface area contributed by atoms with Crippen molar-refractivity contribution in [1.82, 2.24) is 21.3 Å². The van der Waals surface area contributed by atoms with Crippen LogP contribution in [0.3, 0.4) is 0 Å². The van der Waals surface area contributed by atoms with Gasteiger partial charge in [0.15, 0.2) is 13.3 Å². The zero-order chi connectivity index (χ0) is 6.81. The van der Waals surface area contributed by atoms with Gasteiger partial charge in [-0.3, -0.25) is 0 Å². The van der Waals surface area contributed by atoms with Crippen molar-refractivity contribution in [3.63, 3.8) is 0 Å². The van der Waals surface area contributed by atoms with Crippen molar-refractivity contribution < 1.29 is 0 Å². The van der Waals surface area contributed by atoms with Crippen molar-refractivity contribution in [2.45, 2.75) is 0 Å². The number of hydrogen-bond donors (Lipinski definition) is 2. The zero-order valence-corrected chi connectivity index (χ0v) is 5.10. The molecule has 0 saturated heterocycles. The average Bonchev–Trinajstić information content (AvgIpc) is 2.59. The lowest BCUT2D eigenvalue weighted by Crippen LogP contribution is -2.49. The lowest BCUT2D eigenvalue weighted by atomic mass is 11.1. The monoisotopic (exact) mass is 142 g/mol. The summed E-state index contributed by atoms with van der Waals surface area (Å²) in [6.45, 7) is 0.968. The van der Waals surface area contributed by atoms with Crippen LogP contribution in [0.4, 0.5) is 0 Å². The van der Waals surface area contributed by atoms with E-state index >= 15 is 0 Å². The fraction of sp³-hybridized carbons (Fsp3) is 1.00. The number of hydrazine groups is 3. The van der Waals surface area contributed by atoms with Gasteiger partial charge in [0.25, 0.3) is 0 Å². The average molecular weight is 142 g/mol. The highest BCUT2D eigenvalue weighted by atomic mass is 16.1. The lowest BCUT2D eigenvalue weighted by Gasteiger charge is -2.20. The largest absolute Gasteiger partial charge is 0.204 e. The third-order valence-corrected chi connectivity index (χ3v) is 1.15. The number of hydrogen-bond acceptors (Lipinski definition) is 8. The Bertz CT molecular complexity index is 136. The molecule has 8 nitrogen and oxygen atoms in total. The predicted octanol–water partition coefficient (Wildman–Crippen LogP) is -0.809. The van der Waals surface area contributed by atoms with E-state index in [-0.39, 0.29) is 0 Å². The van der Waals surface area contributed by atoms with Gasteiger partial charge in [-0.05, 0) is 0 Å². The minimum atomic E-state index is 0.484. The highest BCUT2D eigenvalue weighted by molar-refractivity contribution is 4.48. The van der Waals surface area contributed by atoms with Crippen molar-refractivity contribution >= 4 is 0 Å². The third kappa shape index (κ3) is 0.786. The van der Waals surface area contributed by atoms with Crippen LogP contribution in [0.25, 0.3) is 0 Å². The molecule has 2 rings (SSSR count). The van der Waals surface area contributed by atoms with Crippen LogP contribution >= 0.6 is 0 Å². The lowest BCUT2D eigenvalue weighted by molar-refractivity contribution is -0.0751. The number of nitrogens with zero attached hydrogens (tertiary/aromatic N) is 6. The maximum absolute atomic E-state index is 3.68. The predicted molar refractivity (Wildman–Crippen MR) is 29.4 cm³/mol. The van der Waals surface area contributed by atoms with Crippen molar-refractivity contribution in [1.29, 1.82) is 0 Å². The van der Waals surface area contributed by atoms with E-state index in [2.05, 4.69) is 31.7 Å². The van der Waals surface area contributed by atoms with Gasteiger partial charge in [-0.1, -0.05) is 20.7 Å². The third-order valence-electron chi connectivity index (χ3n) is 1.15. The van der Waals surface area contributed by atoms with Crippen LogP contribution in [-0.4, -0.2) is 23.6 Å². The summed E-state index contributed by atoms with van der Waals surface area (Å²) in [6, 6.07) is 0. The highest BCUT2D eigenvalue weighted by Crippen LogP contribution is 2.00. The van der Waals surface area contributed by atoms with E-state index in [9.17, 15) is 0 Å². The molecule has 0 fully saturated rings. The van der Waals surface area contributed by atoms with Crippen LogP contribution in [0.1, 0.15) is 0 Å². The Balaban J connectivity index is 1.89. The van der Waals surface area contributed by atoms with Gasteiger partial charge >= 0.3 is 0 Å². The SMILES string of the molecule is C1N=NNN1N1CN=NN1. The number of rotatable bonds is 1. The molecule has 0 spiro atoms. The van der Waals surface area contributed by atoms with Gasteiger partial charge < -0.3 is 0 Å². The summed E-state index contributed by atoms with van der Waals surface area (Å²) < 4.78 is 0. The van der Waals surface area contributed by atoms with Gasteiger partial charge in [0, 0.05) is 0 Å². The first-order chi connectivity index (χ1) is 4.97. The molecule has 0 saturated carbocycles.